The molecule has 8 nitrogen and oxygen atoms in total. The summed E-state index contributed by atoms with van der Waals surface area (Å²) in [6.45, 7) is 0. The molecular formula is C4H5N7O. The average molecular weight is 167 g/mol. The zero-order valence-electron chi connectivity index (χ0n) is 5.85. The first-order valence-corrected chi connectivity index (χ1v) is 3.03. The van der Waals surface area contributed by atoms with E-state index >= 15 is 0 Å². The number of fused-ring (bicyclic) bond motifs is 1. The number of hydrogen-bond acceptors (Lipinski definition) is 8. The van der Waals surface area contributed by atoms with Gasteiger partial charge in [-0.05, 0) is 10.3 Å². The maximum absolute atomic E-state index is 5.43. The van der Waals surface area contributed by atoms with Crippen molar-refractivity contribution in [3.63, 3.8) is 0 Å². The van der Waals surface area contributed by atoms with Crippen molar-refractivity contribution in [2.75, 3.05) is 11.2 Å². The summed E-state index contributed by atoms with van der Waals surface area (Å²) in [6.07, 6.45) is 0. The minimum absolute atomic E-state index is 0.153. The SMILES string of the molecule is NNc1nc2nonc2nc1N. The standard InChI is InChI=1S/C4H5N7O/c5-1-2(9-6)8-4-3(7-1)10-12-11-4/h6H2,(H2,5,7,10)(H,8,9,11). The van der Waals surface area contributed by atoms with Crippen LogP contribution in [0.4, 0.5) is 11.6 Å². The summed E-state index contributed by atoms with van der Waals surface area (Å²) in [5.41, 5.74) is 8.22. The van der Waals surface area contributed by atoms with Crippen molar-refractivity contribution < 1.29 is 4.63 Å². The molecule has 5 N–H and O–H groups in total. The lowest BCUT2D eigenvalue weighted by Crippen LogP contribution is -2.12. The molecule has 2 heterocycles. The Bertz CT molecular complexity index is 409. The number of nitrogens with one attached hydrogen (secondary N) is 1. The molecule has 0 aromatic carbocycles. The molecule has 0 aliphatic rings. The normalized spacial score (nSPS) is 10.4. The Labute approximate surface area is 65.9 Å². The molecule has 0 unspecified atom stereocenters. The highest BCUT2D eigenvalue weighted by Crippen LogP contribution is 2.13. The van der Waals surface area contributed by atoms with Gasteiger partial charge in [-0.15, -0.1) is 0 Å². The molecule has 12 heavy (non-hydrogen) atoms. The summed E-state index contributed by atoms with van der Waals surface area (Å²) >= 11 is 0. The highest BCUT2D eigenvalue weighted by molar-refractivity contribution is 5.71. The zero-order chi connectivity index (χ0) is 8.55. The van der Waals surface area contributed by atoms with Crippen LogP contribution in [0.25, 0.3) is 11.3 Å². The van der Waals surface area contributed by atoms with Gasteiger partial charge in [0.25, 0.3) is 0 Å². The zero-order valence-corrected chi connectivity index (χ0v) is 5.85. The van der Waals surface area contributed by atoms with E-state index in [2.05, 4.69) is 30.3 Å². The molecule has 62 valence electrons. The van der Waals surface area contributed by atoms with Crippen LogP contribution in [0.1, 0.15) is 0 Å². The fourth-order valence-electron chi connectivity index (χ4n) is 0.757. The Morgan fingerprint density at radius 1 is 1.17 bits per heavy atom. The van der Waals surface area contributed by atoms with Crippen molar-refractivity contribution in [2.45, 2.75) is 0 Å². The van der Waals surface area contributed by atoms with E-state index in [1.165, 1.54) is 0 Å². The third kappa shape index (κ3) is 0.820. The highest BCUT2D eigenvalue weighted by atomic mass is 16.6. The third-order valence-electron chi connectivity index (χ3n) is 1.28. The van der Waals surface area contributed by atoms with E-state index in [4.69, 9.17) is 11.6 Å². The van der Waals surface area contributed by atoms with Crippen molar-refractivity contribution in [1.82, 2.24) is 20.3 Å². The molecule has 2 aromatic heterocycles. The van der Waals surface area contributed by atoms with Crippen LogP contribution in [-0.4, -0.2) is 20.3 Å². The summed E-state index contributed by atoms with van der Waals surface area (Å²) < 4.78 is 4.37. The third-order valence-corrected chi connectivity index (χ3v) is 1.28. The van der Waals surface area contributed by atoms with Crippen LogP contribution in [0.5, 0.6) is 0 Å². The second-order valence-corrected chi connectivity index (χ2v) is 2.01. The summed E-state index contributed by atoms with van der Waals surface area (Å²) in [6, 6.07) is 0. The predicted octanol–water partition coefficient (Wildman–Crippen LogP) is -1.12. The van der Waals surface area contributed by atoms with Gasteiger partial charge in [0.15, 0.2) is 11.6 Å². The Morgan fingerprint density at radius 2 is 1.83 bits per heavy atom. The molecule has 0 saturated heterocycles. The smallest absolute Gasteiger partial charge is 0.245 e. The molecule has 0 bridgehead atoms. The summed E-state index contributed by atoms with van der Waals surface area (Å²) in [4.78, 5) is 7.67. The average Bonchev–Trinajstić information content (AvgIpc) is 2.49. The lowest BCUT2D eigenvalue weighted by atomic mass is 10.6. The molecule has 0 atom stereocenters. The molecule has 2 aromatic rings. The van der Waals surface area contributed by atoms with Gasteiger partial charge in [0.05, 0.1) is 0 Å². The summed E-state index contributed by atoms with van der Waals surface area (Å²) in [5.74, 6) is 5.50. The number of hydrogen-bond donors (Lipinski definition) is 3. The van der Waals surface area contributed by atoms with Crippen molar-refractivity contribution in [2.24, 2.45) is 5.84 Å². The monoisotopic (exact) mass is 167 g/mol. The van der Waals surface area contributed by atoms with E-state index in [9.17, 15) is 0 Å². The quantitative estimate of drug-likeness (QED) is 0.359. The maximum atomic E-state index is 5.43. The van der Waals surface area contributed by atoms with Gasteiger partial charge in [0, 0.05) is 0 Å². The van der Waals surface area contributed by atoms with Crippen LogP contribution in [-0.2, 0) is 0 Å². The number of hydrazine groups is 1. The largest absolute Gasteiger partial charge is 0.381 e. The van der Waals surface area contributed by atoms with Gasteiger partial charge >= 0.3 is 0 Å². The first-order chi connectivity index (χ1) is 5.81. The van der Waals surface area contributed by atoms with E-state index < -0.39 is 0 Å². The van der Waals surface area contributed by atoms with Crippen LogP contribution in [0, 0.1) is 0 Å². The van der Waals surface area contributed by atoms with Crippen molar-refractivity contribution in [1.29, 1.82) is 0 Å². The fourth-order valence-corrected chi connectivity index (χ4v) is 0.757. The minimum atomic E-state index is 0.153. The Morgan fingerprint density at radius 3 is 2.50 bits per heavy atom. The Kier molecular flexibility index (Phi) is 1.27. The van der Waals surface area contributed by atoms with Crippen LogP contribution in [0.2, 0.25) is 0 Å². The molecule has 0 radical (unpaired) electrons. The van der Waals surface area contributed by atoms with E-state index in [-0.39, 0.29) is 22.9 Å². The number of nitrogens with two attached hydrogens (primary N) is 2. The van der Waals surface area contributed by atoms with Gasteiger partial charge in [0.1, 0.15) is 0 Å². The van der Waals surface area contributed by atoms with E-state index in [1.54, 1.807) is 0 Å². The van der Waals surface area contributed by atoms with Crippen LogP contribution in [0.3, 0.4) is 0 Å². The predicted molar refractivity (Wildman–Crippen MR) is 39.6 cm³/mol. The maximum Gasteiger partial charge on any atom is 0.245 e. The van der Waals surface area contributed by atoms with Crippen molar-refractivity contribution in [3.05, 3.63) is 0 Å². The van der Waals surface area contributed by atoms with Crippen LogP contribution < -0.4 is 17.0 Å². The molecule has 0 saturated carbocycles. The number of aromatic nitrogens is 4. The first-order valence-electron chi connectivity index (χ1n) is 3.03. The molecule has 0 fully saturated rings. The second-order valence-electron chi connectivity index (χ2n) is 2.01. The molecule has 2 rings (SSSR count). The topological polar surface area (TPSA) is 129 Å². The highest BCUT2D eigenvalue weighted by Gasteiger charge is 2.07. The van der Waals surface area contributed by atoms with E-state index in [0.29, 0.717) is 0 Å². The molecule has 0 aliphatic heterocycles. The number of nitrogens with zero attached hydrogens (tertiary/aromatic N) is 4. The van der Waals surface area contributed by atoms with Gasteiger partial charge in [0.2, 0.25) is 11.3 Å². The number of rotatable bonds is 1. The van der Waals surface area contributed by atoms with Gasteiger partial charge in [-0.1, -0.05) is 0 Å². The second kappa shape index (κ2) is 2.27. The molecule has 0 spiro atoms. The molecule has 0 amide bonds. The van der Waals surface area contributed by atoms with Crippen molar-refractivity contribution in [3.8, 4) is 0 Å². The number of nitrogen functional groups attached to an aromatic ring is 2. The lowest BCUT2D eigenvalue weighted by molar-refractivity contribution is 0.314. The van der Waals surface area contributed by atoms with E-state index in [0.717, 1.165) is 0 Å². The van der Waals surface area contributed by atoms with Gasteiger partial charge < -0.3 is 11.2 Å². The van der Waals surface area contributed by atoms with Crippen molar-refractivity contribution >= 4 is 22.9 Å². The molecule has 0 aliphatic carbocycles. The van der Waals surface area contributed by atoms with Gasteiger partial charge in [-0.25, -0.2) is 15.5 Å². The Hall–Kier alpha value is -1.96. The summed E-state index contributed by atoms with van der Waals surface area (Å²) in [5, 5.41) is 6.90. The Balaban J connectivity index is 2.73. The summed E-state index contributed by atoms with van der Waals surface area (Å²) in [7, 11) is 0. The van der Waals surface area contributed by atoms with Gasteiger partial charge in [-0.2, -0.15) is 4.98 Å². The lowest BCUT2D eigenvalue weighted by Gasteiger charge is -1.98. The fraction of sp³-hybridized carbons (Fsp3) is 0. The van der Waals surface area contributed by atoms with E-state index in [1.807, 2.05) is 0 Å². The first kappa shape index (κ1) is 6.73. The number of anilines is 2. The van der Waals surface area contributed by atoms with Gasteiger partial charge in [-0.3, -0.25) is 0 Å². The molecular weight excluding hydrogens is 162 g/mol. The minimum Gasteiger partial charge on any atom is -0.381 e. The van der Waals surface area contributed by atoms with Crippen LogP contribution in [0.15, 0.2) is 4.63 Å². The van der Waals surface area contributed by atoms with Crippen LogP contribution >= 0.6 is 0 Å². The molecule has 8 heteroatoms.